The molecule has 0 amide bonds. The number of nitrogens with zero attached hydrogens (tertiary/aromatic N) is 4. The fourth-order valence-electron chi connectivity index (χ4n) is 1.53. The highest BCUT2D eigenvalue weighted by molar-refractivity contribution is 5.74. The van der Waals surface area contributed by atoms with E-state index in [1.54, 1.807) is 29.2 Å². The molecule has 0 bridgehead atoms. The summed E-state index contributed by atoms with van der Waals surface area (Å²) in [6.45, 7) is 0. The molecule has 0 spiro atoms. The van der Waals surface area contributed by atoms with E-state index < -0.39 is 0 Å². The Bertz CT molecular complexity index is 685. The predicted octanol–water partition coefficient (Wildman–Crippen LogP) is 0.504. The second kappa shape index (κ2) is 3.27. The van der Waals surface area contributed by atoms with E-state index >= 15 is 0 Å². The molecule has 6 nitrogen and oxygen atoms in total. The van der Waals surface area contributed by atoms with Gasteiger partial charge in [0.05, 0.1) is 18.2 Å². The van der Waals surface area contributed by atoms with Crippen molar-refractivity contribution in [3.63, 3.8) is 0 Å². The monoisotopic (exact) mass is 213 g/mol. The molecular weight excluding hydrogens is 206 g/mol. The van der Waals surface area contributed by atoms with E-state index in [1.165, 1.54) is 12.5 Å². The molecule has 0 aromatic carbocycles. The molecule has 0 saturated heterocycles. The van der Waals surface area contributed by atoms with Crippen LogP contribution in [0, 0.1) is 0 Å². The van der Waals surface area contributed by atoms with Crippen LogP contribution in [-0.4, -0.2) is 24.7 Å². The molecule has 16 heavy (non-hydrogen) atoms. The van der Waals surface area contributed by atoms with Crippen LogP contribution in [0.4, 0.5) is 0 Å². The Labute approximate surface area is 89.6 Å². The van der Waals surface area contributed by atoms with Gasteiger partial charge in [-0.3, -0.25) is 9.78 Å². The number of H-pyrrole nitrogens is 1. The third kappa shape index (κ3) is 1.20. The summed E-state index contributed by atoms with van der Waals surface area (Å²) in [7, 11) is 0. The molecule has 0 unspecified atom stereocenters. The van der Waals surface area contributed by atoms with Crippen molar-refractivity contribution in [2.75, 3.05) is 0 Å². The Kier molecular flexibility index (Phi) is 1.79. The maximum absolute atomic E-state index is 11.5. The van der Waals surface area contributed by atoms with Gasteiger partial charge in [0, 0.05) is 12.4 Å². The second-order valence-corrected chi connectivity index (χ2v) is 3.23. The Morgan fingerprint density at radius 3 is 2.88 bits per heavy atom. The molecule has 0 aliphatic carbocycles. The van der Waals surface area contributed by atoms with Crippen LogP contribution in [0.2, 0.25) is 0 Å². The van der Waals surface area contributed by atoms with Gasteiger partial charge in [-0.2, -0.15) is 5.10 Å². The van der Waals surface area contributed by atoms with Crippen LogP contribution in [0.5, 0.6) is 0 Å². The van der Waals surface area contributed by atoms with Gasteiger partial charge < -0.3 is 4.98 Å². The van der Waals surface area contributed by atoms with Crippen LogP contribution < -0.4 is 5.56 Å². The topological polar surface area (TPSA) is 76.5 Å². The fourth-order valence-corrected chi connectivity index (χ4v) is 1.53. The van der Waals surface area contributed by atoms with Crippen molar-refractivity contribution in [2.45, 2.75) is 0 Å². The fraction of sp³-hybridized carbons (Fsp3) is 0. The lowest BCUT2D eigenvalue weighted by Crippen LogP contribution is -2.06. The number of rotatable bonds is 1. The zero-order valence-corrected chi connectivity index (χ0v) is 8.16. The molecule has 3 rings (SSSR count). The van der Waals surface area contributed by atoms with Gasteiger partial charge in [0.2, 0.25) is 0 Å². The molecule has 0 aliphatic heterocycles. The minimum atomic E-state index is -0.190. The first-order valence-corrected chi connectivity index (χ1v) is 4.68. The van der Waals surface area contributed by atoms with Crippen LogP contribution in [0.1, 0.15) is 0 Å². The highest BCUT2D eigenvalue weighted by Gasteiger charge is 2.07. The van der Waals surface area contributed by atoms with Gasteiger partial charge in [-0.1, -0.05) is 0 Å². The summed E-state index contributed by atoms with van der Waals surface area (Å²) in [5, 5.41) is 4.60. The van der Waals surface area contributed by atoms with Gasteiger partial charge in [-0.15, -0.1) is 0 Å². The summed E-state index contributed by atoms with van der Waals surface area (Å²) in [5.74, 6) is 0. The summed E-state index contributed by atoms with van der Waals surface area (Å²) in [4.78, 5) is 22.0. The van der Waals surface area contributed by atoms with E-state index in [0.717, 1.165) is 5.69 Å². The molecule has 3 heterocycles. The highest BCUT2D eigenvalue weighted by Crippen LogP contribution is 2.11. The smallest absolute Gasteiger partial charge is 0.261 e. The average molecular weight is 213 g/mol. The number of nitrogens with one attached hydrogen (secondary N) is 1. The van der Waals surface area contributed by atoms with E-state index in [-0.39, 0.29) is 5.56 Å². The van der Waals surface area contributed by atoms with E-state index in [9.17, 15) is 4.79 Å². The Hall–Kier alpha value is -2.50. The third-order valence-corrected chi connectivity index (χ3v) is 2.28. The van der Waals surface area contributed by atoms with Crippen molar-refractivity contribution in [3.05, 3.63) is 47.4 Å². The van der Waals surface area contributed by atoms with Crippen LogP contribution in [0.25, 0.3) is 16.7 Å². The molecule has 1 N–H and O–H groups in total. The normalized spacial score (nSPS) is 10.8. The van der Waals surface area contributed by atoms with Crippen molar-refractivity contribution in [3.8, 4) is 5.69 Å². The summed E-state index contributed by atoms with van der Waals surface area (Å²) in [6, 6.07) is 3.60. The third-order valence-electron chi connectivity index (χ3n) is 2.28. The Morgan fingerprint density at radius 1 is 1.25 bits per heavy atom. The number of aromatic amines is 1. The van der Waals surface area contributed by atoms with Crippen LogP contribution in [0.3, 0.4) is 0 Å². The molecule has 0 fully saturated rings. The summed E-state index contributed by atoms with van der Waals surface area (Å²) in [5.41, 5.74) is 1.17. The zero-order valence-electron chi connectivity index (χ0n) is 8.16. The summed E-state index contributed by atoms with van der Waals surface area (Å²) in [6.07, 6.45) is 6.19. The van der Waals surface area contributed by atoms with Gasteiger partial charge in [-0.05, 0) is 12.1 Å². The molecule has 6 heteroatoms. The molecule has 0 radical (unpaired) electrons. The van der Waals surface area contributed by atoms with E-state index in [2.05, 4.69) is 20.1 Å². The highest BCUT2D eigenvalue weighted by atomic mass is 16.1. The maximum Gasteiger partial charge on any atom is 0.261 e. The molecule has 0 saturated carbocycles. The number of pyridine rings is 1. The number of fused-ring (bicyclic) bond motifs is 1. The lowest BCUT2D eigenvalue weighted by Gasteiger charge is -2.00. The van der Waals surface area contributed by atoms with Crippen molar-refractivity contribution in [1.82, 2.24) is 24.7 Å². The van der Waals surface area contributed by atoms with Gasteiger partial charge in [-0.25, -0.2) is 9.67 Å². The minimum Gasteiger partial charge on any atom is -0.312 e. The van der Waals surface area contributed by atoms with Crippen LogP contribution in [-0.2, 0) is 0 Å². The first-order valence-electron chi connectivity index (χ1n) is 4.68. The molecule has 3 aromatic heterocycles. The van der Waals surface area contributed by atoms with Crippen LogP contribution >= 0.6 is 0 Å². The zero-order chi connectivity index (χ0) is 11.0. The van der Waals surface area contributed by atoms with Crippen molar-refractivity contribution in [2.24, 2.45) is 0 Å². The van der Waals surface area contributed by atoms with Crippen molar-refractivity contribution in [1.29, 1.82) is 0 Å². The Morgan fingerprint density at radius 2 is 2.06 bits per heavy atom. The molecule has 3 aromatic rings. The van der Waals surface area contributed by atoms with Gasteiger partial charge in [0.1, 0.15) is 5.39 Å². The Balaban J connectivity index is 2.34. The quantitative estimate of drug-likeness (QED) is 0.638. The average Bonchev–Trinajstić information content (AvgIpc) is 2.75. The minimum absolute atomic E-state index is 0.190. The maximum atomic E-state index is 11.5. The first kappa shape index (κ1) is 8.78. The first-order chi connectivity index (χ1) is 7.86. The van der Waals surface area contributed by atoms with Gasteiger partial charge in [0.25, 0.3) is 5.56 Å². The van der Waals surface area contributed by atoms with Crippen molar-refractivity contribution < 1.29 is 0 Å². The SMILES string of the molecule is O=c1[nH]cnc2c1cnn2-c1ccncc1. The number of aromatic nitrogens is 5. The number of hydrogen-bond acceptors (Lipinski definition) is 4. The second-order valence-electron chi connectivity index (χ2n) is 3.23. The largest absolute Gasteiger partial charge is 0.312 e. The summed E-state index contributed by atoms with van der Waals surface area (Å²) < 4.78 is 1.60. The lowest BCUT2D eigenvalue weighted by molar-refractivity contribution is 0.891. The standard InChI is InChI=1S/C10H7N5O/c16-10-8-5-14-15(9(8)12-6-13-10)7-1-3-11-4-2-7/h1-6H,(H,12,13,16). The van der Waals surface area contributed by atoms with E-state index in [4.69, 9.17) is 0 Å². The predicted molar refractivity (Wildman–Crippen MR) is 57.3 cm³/mol. The van der Waals surface area contributed by atoms with Gasteiger partial charge >= 0.3 is 0 Å². The molecule has 78 valence electrons. The summed E-state index contributed by atoms with van der Waals surface area (Å²) >= 11 is 0. The molecule has 0 aliphatic rings. The van der Waals surface area contributed by atoms with Crippen LogP contribution in [0.15, 0.2) is 41.8 Å². The van der Waals surface area contributed by atoms with Gasteiger partial charge in [0.15, 0.2) is 5.65 Å². The van der Waals surface area contributed by atoms with Crippen molar-refractivity contribution >= 4 is 11.0 Å². The lowest BCUT2D eigenvalue weighted by atomic mass is 10.4. The number of hydrogen-bond donors (Lipinski definition) is 1. The molecule has 0 atom stereocenters. The van der Waals surface area contributed by atoms with E-state index in [1.807, 2.05) is 0 Å². The van der Waals surface area contributed by atoms with E-state index in [0.29, 0.717) is 11.0 Å². The molecular formula is C10H7N5O.